The second-order valence-corrected chi connectivity index (χ2v) is 13.2. The van der Waals surface area contributed by atoms with Gasteiger partial charge >= 0.3 is 0 Å². The summed E-state index contributed by atoms with van der Waals surface area (Å²) in [5.74, 6) is 1.99. The van der Waals surface area contributed by atoms with Gasteiger partial charge in [-0.15, -0.1) is 20.4 Å². The van der Waals surface area contributed by atoms with E-state index in [-0.39, 0.29) is 23.7 Å². The topological polar surface area (TPSA) is 51.6 Å². The first-order valence-corrected chi connectivity index (χ1v) is 16.4. The van der Waals surface area contributed by atoms with Gasteiger partial charge in [0.05, 0.1) is 0 Å². The highest BCUT2D eigenvalue weighted by Crippen LogP contribution is 2.60. The summed E-state index contributed by atoms with van der Waals surface area (Å²) in [5.41, 5.74) is 18.8. The molecular formula is C42H28N4. The highest BCUT2D eigenvalue weighted by molar-refractivity contribution is 5.78. The van der Waals surface area contributed by atoms with E-state index < -0.39 is 0 Å². The van der Waals surface area contributed by atoms with Crippen LogP contribution in [0.5, 0.6) is 0 Å². The van der Waals surface area contributed by atoms with Crippen molar-refractivity contribution in [3.8, 4) is 22.8 Å². The Hall–Kier alpha value is -5.48. The lowest BCUT2D eigenvalue weighted by molar-refractivity contribution is 0.692. The maximum absolute atomic E-state index is 4.82. The van der Waals surface area contributed by atoms with E-state index >= 15 is 0 Å². The number of rotatable bonds is 2. The van der Waals surface area contributed by atoms with Gasteiger partial charge in [0.1, 0.15) is 0 Å². The van der Waals surface area contributed by atoms with Gasteiger partial charge in [-0.05, 0) is 74.0 Å². The minimum absolute atomic E-state index is 0.135. The zero-order valence-electron chi connectivity index (χ0n) is 25.1. The molecule has 216 valence electrons. The summed E-state index contributed by atoms with van der Waals surface area (Å²) in [5, 5.41) is 19.3. The lowest BCUT2D eigenvalue weighted by Crippen LogP contribution is -2.29. The van der Waals surface area contributed by atoms with Crippen LogP contribution in [0, 0.1) is 0 Å². The molecule has 0 amide bonds. The molecule has 1 heterocycles. The molecule has 0 spiro atoms. The van der Waals surface area contributed by atoms with Crippen LogP contribution in [-0.4, -0.2) is 20.4 Å². The summed E-state index contributed by atoms with van der Waals surface area (Å²) >= 11 is 0. The third-order valence-electron chi connectivity index (χ3n) is 11.2. The number of hydrogen-bond donors (Lipinski definition) is 0. The highest BCUT2D eigenvalue weighted by atomic mass is 15.3. The van der Waals surface area contributed by atoms with Crippen LogP contribution in [0.15, 0.2) is 132 Å². The summed E-state index contributed by atoms with van der Waals surface area (Å²) in [6, 6.07) is 40.0. The Kier molecular flexibility index (Phi) is 4.88. The molecule has 4 nitrogen and oxygen atoms in total. The van der Waals surface area contributed by atoms with Crippen molar-refractivity contribution in [1.82, 2.24) is 20.4 Å². The summed E-state index contributed by atoms with van der Waals surface area (Å²) < 4.78 is 0. The molecule has 6 aromatic rings. The van der Waals surface area contributed by atoms with E-state index in [1.807, 2.05) is 0 Å². The fourth-order valence-corrected chi connectivity index (χ4v) is 9.55. The lowest BCUT2D eigenvalue weighted by Gasteiger charge is -2.44. The zero-order valence-corrected chi connectivity index (χ0v) is 25.1. The Balaban J connectivity index is 1.05. The normalized spacial score (nSPS) is 22.0. The molecule has 0 radical (unpaired) electrons. The van der Waals surface area contributed by atoms with E-state index in [2.05, 4.69) is 121 Å². The number of aromatic nitrogens is 4. The summed E-state index contributed by atoms with van der Waals surface area (Å²) in [4.78, 5) is 0. The van der Waals surface area contributed by atoms with Crippen molar-refractivity contribution in [2.45, 2.75) is 36.5 Å². The molecule has 4 bridgehead atoms. The average molecular weight is 589 g/mol. The maximum Gasteiger partial charge on any atom is 0.203 e. The Morgan fingerprint density at radius 3 is 1.41 bits per heavy atom. The lowest BCUT2D eigenvalue weighted by atomic mass is 9.58. The van der Waals surface area contributed by atoms with Crippen molar-refractivity contribution in [1.29, 1.82) is 0 Å². The Bertz CT molecular complexity index is 2300. The molecule has 0 fully saturated rings. The van der Waals surface area contributed by atoms with Crippen LogP contribution in [-0.2, 0) is 0 Å². The third kappa shape index (κ3) is 3.09. The van der Waals surface area contributed by atoms with E-state index in [1.165, 1.54) is 61.2 Å². The molecule has 46 heavy (non-hydrogen) atoms. The minimum atomic E-state index is 0.135. The monoisotopic (exact) mass is 588 g/mol. The summed E-state index contributed by atoms with van der Waals surface area (Å²) in [7, 11) is 0. The van der Waals surface area contributed by atoms with Crippen LogP contribution >= 0.6 is 0 Å². The quantitative estimate of drug-likeness (QED) is 0.202. The van der Waals surface area contributed by atoms with E-state index in [1.54, 1.807) is 5.57 Å². The van der Waals surface area contributed by atoms with E-state index in [0.717, 1.165) is 24.0 Å². The molecular weight excluding hydrogens is 560 g/mol. The van der Waals surface area contributed by atoms with Crippen molar-refractivity contribution in [2.75, 3.05) is 0 Å². The van der Waals surface area contributed by atoms with E-state index in [0.29, 0.717) is 11.6 Å². The SMILES string of the molecule is C1=CC2=C(CC1)C1c3ccccc3C2c2cccc(-c3nnc(-c4cccc5c4C4c6ccccc6C5c5ccccc54)nn3)c21. The van der Waals surface area contributed by atoms with E-state index in [4.69, 9.17) is 20.4 Å². The third-order valence-corrected chi connectivity index (χ3v) is 11.2. The van der Waals surface area contributed by atoms with Gasteiger partial charge in [0, 0.05) is 34.8 Å². The minimum Gasteiger partial charge on any atom is -0.126 e. The fraction of sp³-hybridized carbons (Fsp3) is 0.143. The molecule has 0 aliphatic heterocycles. The highest BCUT2D eigenvalue weighted by Gasteiger charge is 2.45. The van der Waals surface area contributed by atoms with Gasteiger partial charge in [0.15, 0.2) is 0 Å². The van der Waals surface area contributed by atoms with Crippen molar-refractivity contribution in [2.24, 2.45) is 0 Å². The van der Waals surface area contributed by atoms with Gasteiger partial charge in [-0.3, -0.25) is 0 Å². The standard InChI is InChI=1S/C42H28N4/c1-5-15-27-23(11-1)35-24-12-2-6-16-28(24)37(27)39-31(35)19-9-21-33(39)41-43-45-42(46-44-41)34-22-10-20-32-36-25-13-3-7-17-29(25)38(40(32)34)30-18-8-4-14-26(30)36/h1-7,9-17,19-22,35-38H,8,18H2. The molecule has 4 heteroatoms. The summed E-state index contributed by atoms with van der Waals surface area (Å²) in [6.45, 7) is 0. The smallest absolute Gasteiger partial charge is 0.126 e. The molecule has 5 aromatic carbocycles. The van der Waals surface area contributed by atoms with Crippen molar-refractivity contribution >= 4 is 0 Å². The number of nitrogens with zero attached hydrogens (tertiary/aromatic N) is 4. The molecule has 1 aromatic heterocycles. The van der Waals surface area contributed by atoms with Gasteiger partial charge in [0.25, 0.3) is 0 Å². The largest absolute Gasteiger partial charge is 0.203 e. The van der Waals surface area contributed by atoms with Gasteiger partial charge in [-0.2, -0.15) is 0 Å². The van der Waals surface area contributed by atoms with Gasteiger partial charge < -0.3 is 0 Å². The predicted molar refractivity (Wildman–Crippen MR) is 179 cm³/mol. The Morgan fingerprint density at radius 2 is 0.848 bits per heavy atom. The zero-order chi connectivity index (χ0) is 29.9. The second-order valence-electron chi connectivity index (χ2n) is 13.2. The molecule has 7 aliphatic rings. The number of hydrogen-bond acceptors (Lipinski definition) is 4. The molecule has 2 atom stereocenters. The first-order valence-electron chi connectivity index (χ1n) is 16.4. The molecule has 0 N–H and O–H groups in total. The average Bonchev–Trinajstić information content (AvgIpc) is 3.14. The maximum atomic E-state index is 4.82. The number of benzene rings is 5. The van der Waals surface area contributed by atoms with Gasteiger partial charge in [-0.25, -0.2) is 0 Å². The predicted octanol–water partition coefficient (Wildman–Crippen LogP) is 8.83. The fourth-order valence-electron chi connectivity index (χ4n) is 9.55. The van der Waals surface area contributed by atoms with Crippen LogP contribution in [0.4, 0.5) is 0 Å². The second kappa shape index (κ2) is 9.04. The van der Waals surface area contributed by atoms with Crippen LogP contribution in [0.1, 0.15) is 92.1 Å². The van der Waals surface area contributed by atoms with Crippen LogP contribution < -0.4 is 0 Å². The Morgan fingerprint density at radius 1 is 0.413 bits per heavy atom. The molecule has 2 unspecified atom stereocenters. The van der Waals surface area contributed by atoms with Gasteiger partial charge in [-0.1, -0.05) is 127 Å². The molecule has 7 aliphatic carbocycles. The molecule has 0 saturated heterocycles. The van der Waals surface area contributed by atoms with Gasteiger partial charge in [0.2, 0.25) is 11.6 Å². The van der Waals surface area contributed by atoms with Crippen LogP contribution in [0.25, 0.3) is 22.8 Å². The summed E-state index contributed by atoms with van der Waals surface area (Å²) in [6.07, 6.45) is 6.90. The number of allylic oxidation sites excluding steroid dienone is 4. The first kappa shape index (κ1) is 24.8. The van der Waals surface area contributed by atoms with Crippen molar-refractivity contribution in [3.63, 3.8) is 0 Å². The molecule has 13 rings (SSSR count). The van der Waals surface area contributed by atoms with E-state index in [9.17, 15) is 0 Å². The first-order chi connectivity index (χ1) is 22.9. The van der Waals surface area contributed by atoms with Crippen molar-refractivity contribution in [3.05, 3.63) is 188 Å². The van der Waals surface area contributed by atoms with Crippen LogP contribution in [0.2, 0.25) is 0 Å². The molecule has 0 saturated carbocycles. The van der Waals surface area contributed by atoms with Crippen molar-refractivity contribution < 1.29 is 0 Å². The van der Waals surface area contributed by atoms with Crippen LogP contribution in [0.3, 0.4) is 0 Å². The Labute approximate surface area is 267 Å².